The summed E-state index contributed by atoms with van der Waals surface area (Å²) in [6.45, 7) is 1.68. The van der Waals surface area contributed by atoms with E-state index in [1.807, 2.05) is 0 Å². The van der Waals surface area contributed by atoms with Crippen LogP contribution >= 0.6 is 11.3 Å². The number of aromatic nitrogens is 1. The van der Waals surface area contributed by atoms with Crippen molar-refractivity contribution in [1.29, 1.82) is 0 Å². The standard InChI is InChI=1S/C18H14FN3O4S/c1-10-16(27-18(20-10)11-3-5-12(19)6-4-11)17(23)21-14-9-13(22(24)25)7-8-15(14)26-2/h3-9H,1-2H3,(H,21,23). The monoisotopic (exact) mass is 387 g/mol. The number of carbonyl (C=O) groups excluding carboxylic acids is 1. The summed E-state index contributed by atoms with van der Waals surface area (Å²) in [5.41, 5.74) is 1.21. The van der Waals surface area contributed by atoms with E-state index < -0.39 is 10.8 Å². The molecule has 0 unspecified atom stereocenters. The normalized spacial score (nSPS) is 10.5. The molecule has 1 heterocycles. The van der Waals surface area contributed by atoms with Crippen LogP contribution < -0.4 is 10.1 Å². The van der Waals surface area contributed by atoms with Gasteiger partial charge in [-0.1, -0.05) is 0 Å². The molecule has 0 aliphatic rings. The van der Waals surface area contributed by atoms with Gasteiger partial charge in [0.1, 0.15) is 21.5 Å². The van der Waals surface area contributed by atoms with Gasteiger partial charge in [-0.3, -0.25) is 14.9 Å². The first-order chi connectivity index (χ1) is 12.9. The fraction of sp³-hybridized carbons (Fsp3) is 0.111. The Labute approximate surface area is 157 Å². The Hall–Kier alpha value is -3.33. The number of amides is 1. The Morgan fingerprint density at radius 3 is 2.59 bits per heavy atom. The number of carbonyl (C=O) groups is 1. The molecule has 7 nitrogen and oxygen atoms in total. The maximum atomic E-state index is 13.1. The minimum atomic E-state index is -0.556. The lowest BCUT2D eigenvalue weighted by Gasteiger charge is -2.09. The lowest BCUT2D eigenvalue weighted by Crippen LogP contribution is -2.12. The number of benzene rings is 2. The number of nitro groups is 1. The number of rotatable bonds is 5. The molecule has 0 aliphatic carbocycles. The number of thiazole rings is 1. The van der Waals surface area contributed by atoms with Gasteiger partial charge in [0.05, 0.1) is 23.4 Å². The molecule has 3 aromatic rings. The third kappa shape index (κ3) is 3.93. The van der Waals surface area contributed by atoms with Gasteiger partial charge in [0, 0.05) is 17.7 Å². The van der Waals surface area contributed by atoms with Crippen LogP contribution in [-0.2, 0) is 0 Å². The fourth-order valence-electron chi connectivity index (χ4n) is 2.41. The summed E-state index contributed by atoms with van der Waals surface area (Å²) in [4.78, 5) is 27.8. The highest BCUT2D eigenvalue weighted by Gasteiger charge is 2.19. The summed E-state index contributed by atoms with van der Waals surface area (Å²) >= 11 is 1.15. The number of hydrogen-bond donors (Lipinski definition) is 1. The first kappa shape index (κ1) is 18.5. The topological polar surface area (TPSA) is 94.4 Å². The van der Waals surface area contributed by atoms with Crippen molar-refractivity contribution in [3.8, 4) is 16.3 Å². The number of halogens is 1. The van der Waals surface area contributed by atoms with Crippen molar-refractivity contribution >= 4 is 28.6 Å². The summed E-state index contributed by atoms with van der Waals surface area (Å²) in [6.07, 6.45) is 0. The van der Waals surface area contributed by atoms with Gasteiger partial charge in [-0.2, -0.15) is 0 Å². The third-order valence-corrected chi connectivity index (χ3v) is 4.94. The minimum Gasteiger partial charge on any atom is -0.495 e. The molecule has 0 radical (unpaired) electrons. The number of nitro benzene ring substituents is 1. The summed E-state index contributed by atoms with van der Waals surface area (Å²) in [7, 11) is 1.40. The van der Waals surface area contributed by atoms with E-state index in [4.69, 9.17) is 4.74 Å². The zero-order valence-electron chi connectivity index (χ0n) is 14.4. The van der Waals surface area contributed by atoms with Crippen molar-refractivity contribution in [3.05, 3.63) is 69.0 Å². The molecule has 1 N–H and O–H groups in total. The van der Waals surface area contributed by atoms with Crippen molar-refractivity contribution in [2.45, 2.75) is 6.92 Å². The molecular weight excluding hydrogens is 373 g/mol. The molecule has 0 bridgehead atoms. The molecule has 0 fully saturated rings. The Morgan fingerprint density at radius 1 is 1.26 bits per heavy atom. The first-order valence-corrected chi connectivity index (χ1v) is 8.58. The number of nitrogens with zero attached hydrogens (tertiary/aromatic N) is 2. The summed E-state index contributed by atoms with van der Waals surface area (Å²) in [6, 6.07) is 9.74. The lowest BCUT2D eigenvalue weighted by atomic mass is 10.2. The van der Waals surface area contributed by atoms with Gasteiger partial charge in [0.15, 0.2) is 0 Å². The number of methoxy groups -OCH3 is 1. The van der Waals surface area contributed by atoms with Crippen LogP contribution in [0.4, 0.5) is 15.8 Å². The van der Waals surface area contributed by atoms with E-state index in [9.17, 15) is 19.3 Å². The second-order valence-electron chi connectivity index (χ2n) is 5.54. The largest absolute Gasteiger partial charge is 0.495 e. The highest BCUT2D eigenvalue weighted by atomic mass is 32.1. The van der Waals surface area contributed by atoms with Crippen molar-refractivity contribution in [1.82, 2.24) is 4.98 Å². The molecule has 1 aromatic heterocycles. The Balaban J connectivity index is 1.90. The van der Waals surface area contributed by atoms with Crippen molar-refractivity contribution in [2.75, 3.05) is 12.4 Å². The smallest absolute Gasteiger partial charge is 0.271 e. The van der Waals surface area contributed by atoms with Crippen LogP contribution in [0.3, 0.4) is 0 Å². The number of hydrogen-bond acceptors (Lipinski definition) is 6. The molecule has 0 spiro atoms. The van der Waals surface area contributed by atoms with Gasteiger partial charge < -0.3 is 10.1 Å². The van der Waals surface area contributed by atoms with E-state index in [0.29, 0.717) is 26.9 Å². The van der Waals surface area contributed by atoms with Crippen molar-refractivity contribution in [3.63, 3.8) is 0 Å². The van der Waals surface area contributed by atoms with Crippen LogP contribution in [0, 0.1) is 22.9 Å². The number of aryl methyl sites for hydroxylation is 1. The quantitative estimate of drug-likeness (QED) is 0.516. The highest BCUT2D eigenvalue weighted by Crippen LogP contribution is 2.32. The van der Waals surface area contributed by atoms with Gasteiger partial charge in [-0.15, -0.1) is 11.3 Å². The average molecular weight is 387 g/mol. The van der Waals surface area contributed by atoms with Gasteiger partial charge in [-0.25, -0.2) is 9.37 Å². The van der Waals surface area contributed by atoms with E-state index in [1.165, 1.54) is 37.4 Å². The van der Waals surface area contributed by atoms with Crippen LogP contribution in [0.15, 0.2) is 42.5 Å². The number of ether oxygens (including phenoxy) is 1. The second kappa shape index (κ2) is 7.50. The van der Waals surface area contributed by atoms with Gasteiger partial charge in [0.2, 0.25) is 0 Å². The molecule has 0 saturated carbocycles. The van der Waals surface area contributed by atoms with E-state index in [2.05, 4.69) is 10.3 Å². The van der Waals surface area contributed by atoms with Crippen molar-refractivity contribution in [2.24, 2.45) is 0 Å². The van der Waals surface area contributed by atoms with Crippen LogP contribution in [0.1, 0.15) is 15.4 Å². The molecule has 9 heteroatoms. The van der Waals surface area contributed by atoms with Crippen LogP contribution in [0.5, 0.6) is 5.75 Å². The number of non-ortho nitro benzene ring substituents is 1. The Bertz CT molecular complexity index is 1020. The van der Waals surface area contributed by atoms with Crippen LogP contribution in [0.25, 0.3) is 10.6 Å². The van der Waals surface area contributed by atoms with E-state index in [-0.39, 0.29) is 17.2 Å². The molecule has 3 rings (SSSR count). The molecule has 0 atom stereocenters. The predicted molar refractivity (Wildman–Crippen MR) is 99.8 cm³/mol. The van der Waals surface area contributed by atoms with Crippen LogP contribution in [0.2, 0.25) is 0 Å². The average Bonchev–Trinajstić information content (AvgIpc) is 3.04. The molecule has 0 saturated heterocycles. The third-order valence-electron chi connectivity index (χ3n) is 3.74. The Kier molecular flexibility index (Phi) is 5.13. The lowest BCUT2D eigenvalue weighted by molar-refractivity contribution is -0.384. The fourth-order valence-corrected chi connectivity index (χ4v) is 3.38. The summed E-state index contributed by atoms with van der Waals surface area (Å²) < 4.78 is 18.2. The van der Waals surface area contributed by atoms with E-state index in [1.54, 1.807) is 19.1 Å². The minimum absolute atomic E-state index is 0.167. The van der Waals surface area contributed by atoms with Gasteiger partial charge >= 0.3 is 0 Å². The molecule has 0 aliphatic heterocycles. The van der Waals surface area contributed by atoms with Crippen LogP contribution in [-0.4, -0.2) is 22.9 Å². The summed E-state index contributed by atoms with van der Waals surface area (Å²) in [5, 5.41) is 14.2. The van der Waals surface area contributed by atoms with Crippen molar-refractivity contribution < 1.29 is 18.8 Å². The first-order valence-electron chi connectivity index (χ1n) is 7.76. The number of anilines is 1. The van der Waals surface area contributed by atoms with Gasteiger partial charge in [0.25, 0.3) is 11.6 Å². The Morgan fingerprint density at radius 2 is 1.96 bits per heavy atom. The molecule has 138 valence electrons. The number of nitrogens with one attached hydrogen (secondary N) is 1. The maximum absolute atomic E-state index is 13.1. The second-order valence-corrected chi connectivity index (χ2v) is 6.54. The SMILES string of the molecule is COc1ccc([N+](=O)[O-])cc1NC(=O)c1sc(-c2ccc(F)cc2)nc1C. The molecular formula is C18H14FN3O4S. The van der Waals surface area contributed by atoms with E-state index >= 15 is 0 Å². The van der Waals surface area contributed by atoms with E-state index in [0.717, 1.165) is 11.3 Å². The zero-order valence-corrected chi connectivity index (χ0v) is 15.2. The maximum Gasteiger partial charge on any atom is 0.271 e. The molecule has 1 amide bonds. The predicted octanol–water partition coefficient (Wildman–Crippen LogP) is 4.43. The summed E-state index contributed by atoms with van der Waals surface area (Å²) in [5.74, 6) is -0.519. The zero-order chi connectivity index (χ0) is 19.6. The molecule has 2 aromatic carbocycles. The highest BCUT2D eigenvalue weighted by molar-refractivity contribution is 7.17. The molecule has 27 heavy (non-hydrogen) atoms. The van der Waals surface area contributed by atoms with Gasteiger partial charge in [-0.05, 0) is 37.3 Å².